The minimum Gasteiger partial charge on any atom is -0.352 e. The Kier molecular flexibility index (Phi) is 7.69. The number of aromatic nitrogens is 1. The summed E-state index contributed by atoms with van der Waals surface area (Å²) in [5.74, 6) is 0.117. The monoisotopic (exact) mass is 436 g/mol. The molecule has 3 unspecified atom stereocenters. The molecule has 31 heavy (non-hydrogen) atoms. The Morgan fingerprint density at radius 1 is 1.23 bits per heavy atom. The lowest BCUT2D eigenvalue weighted by Crippen LogP contribution is -2.44. The molecule has 0 aliphatic heterocycles. The number of amides is 2. The minimum absolute atomic E-state index is 0.0435. The Balaban J connectivity index is 1.71. The molecule has 2 amide bonds. The van der Waals surface area contributed by atoms with Crippen molar-refractivity contribution in [2.24, 2.45) is 5.92 Å². The minimum atomic E-state index is -0.392. The van der Waals surface area contributed by atoms with Gasteiger partial charge in [-0.25, -0.2) is 4.98 Å². The second-order valence-corrected chi connectivity index (χ2v) is 9.37. The van der Waals surface area contributed by atoms with Gasteiger partial charge in [-0.3, -0.25) is 9.59 Å². The van der Waals surface area contributed by atoms with Crippen LogP contribution in [0.4, 0.5) is 5.69 Å². The largest absolute Gasteiger partial charge is 0.352 e. The van der Waals surface area contributed by atoms with Crippen LogP contribution in [0.1, 0.15) is 61.1 Å². The quantitative estimate of drug-likeness (QED) is 0.641. The number of pyridine rings is 1. The van der Waals surface area contributed by atoms with Gasteiger partial charge in [0.2, 0.25) is 5.91 Å². The van der Waals surface area contributed by atoms with Crippen LogP contribution in [0.3, 0.4) is 0 Å². The smallest absolute Gasteiger partial charge is 0.257 e. The third-order valence-corrected chi connectivity index (χ3v) is 6.77. The molecule has 3 rings (SSSR count). The van der Waals surface area contributed by atoms with Crippen LogP contribution in [-0.2, 0) is 4.79 Å². The van der Waals surface area contributed by atoms with Gasteiger partial charge in [-0.1, -0.05) is 49.7 Å². The van der Waals surface area contributed by atoms with Gasteiger partial charge in [-0.2, -0.15) is 5.26 Å². The number of aryl methyl sites for hydroxylation is 1. The van der Waals surface area contributed by atoms with Gasteiger partial charge in [0.25, 0.3) is 5.91 Å². The van der Waals surface area contributed by atoms with Gasteiger partial charge in [-0.15, -0.1) is 0 Å². The number of carbonyl (C=O) groups is 2. The molecule has 1 fully saturated rings. The number of thioether (sulfide) groups is 1. The topological polar surface area (TPSA) is 94.9 Å². The number of hydrogen-bond acceptors (Lipinski definition) is 5. The average Bonchev–Trinajstić information content (AvgIpc) is 2.76. The van der Waals surface area contributed by atoms with E-state index >= 15 is 0 Å². The fourth-order valence-corrected chi connectivity index (χ4v) is 4.69. The molecule has 0 radical (unpaired) electrons. The second kappa shape index (κ2) is 10.5. The summed E-state index contributed by atoms with van der Waals surface area (Å²) in [4.78, 5) is 29.9. The maximum Gasteiger partial charge on any atom is 0.257 e. The van der Waals surface area contributed by atoms with Crippen molar-refractivity contribution in [3.63, 3.8) is 0 Å². The highest BCUT2D eigenvalue weighted by Crippen LogP contribution is 2.28. The van der Waals surface area contributed by atoms with E-state index < -0.39 is 5.25 Å². The van der Waals surface area contributed by atoms with E-state index in [1.165, 1.54) is 18.2 Å². The molecular formula is C24H28N4O2S. The van der Waals surface area contributed by atoms with Crippen molar-refractivity contribution in [2.75, 3.05) is 5.32 Å². The Morgan fingerprint density at radius 3 is 2.61 bits per heavy atom. The molecule has 7 heteroatoms. The van der Waals surface area contributed by atoms with E-state index in [4.69, 9.17) is 0 Å². The molecule has 3 atom stereocenters. The van der Waals surface area contributed by atoms with E-state index in [9.17, 15) is 14.9 Å². The SMILES string of the molecule is Cc1nc(SC(C)C(=O)NC2CCCCC2C)c(C#N)cc1C(=O)Nc1ccccc1. The number of benzene rings is 1. The van der Waals surface area contributed by atoms with Gasteiger partial charge in [0, 0.05) is 11.7 Å². The van der Waals surface area contributed by atoms with E-state index in [0.717, 1.165) is 19.3 Å². The highest BCUT2D eigenvalue weighted by Gasteiger charge is 2.26. The number of carbonyl (C=O) groups excluding carboxylic acids is 2. The van der Waals surface area contributed by atoms with Gasteiger partial charge in [-0.05, 0) is 50.8 Å². The lowest BCUT2D eigenvalue weighted by atomic mass is 9.86. The van der Waals surface area contributed by atoms with Gasteiger partial charge in [0.05, 0.1) is 22.1 Å². The first-order valence-electron chi connectivity index (χ1n) is 10.6. The summed E-state index contributed by atoms with van der Waals surface area (Å²) < 4.78 is 0. The lowest BCUT2D eigenvalue weighted by molar-refractivity contribution is -0.121. The number of nitriles is 1. The summed E-state index contributed by atoms with van der Waals surface area (Å²) in [6.07, 6.45) is 4.51. The number of hydrogen-bond donors (Lipinski definition) is 2. The summed E-state index contributed by atoms with van der Waals surface area (Å²) in [5.41, 5.74) is 1.83. The predicted molar refractivity (Wildman–Crippen MR) is 123 cm³/mol. The van der Waals surface area contributed by atoms with E-state index in [1.54, 1.807) is 25.1 Å². The lowest BCUT2D eigenvalue weighted by Gasteiger charge is -2.30. The first kappa shape index (κ1) is 22.8. The summed E-state index contributed by atoms with van der Waals surface area (Å²) in [7, 11) is 0. The normalized spacial score (nSPS) is 19.2. The van der Waals surface area contributed by atoms with Crippen LogP contribution in [0.25, 0.3) is 0 Å². The zero-order valence-corrected chi connectivity index (χ0v) is 19.0. The summed E-state index contributed by atoms with van der Waals surface area (Å²) in [6.45, 7) is 5.74. The second-order valence-electron chi connectivity index (χ2n) is 8.04. The van der Waals surface area contributed by atoms with Crippen LogP contribution in [0.5, 0.6) is 0 Å². The molecule has 0 spiro atoms. The van der Waals surface area contributed by atoms with Crippen molar-refractivity contribution in [3.8, 4) is 6.07 Å². The van der Waals surface area contributed by atoms with Crippen LogP contribution in [0, 0.1) is 24.2 Å². The van der Waals surface area contributed by atoms with Crippen LogP contribution in [0.2, 0.25) is 0 Å². The zero-order valence-electron chi connectivity index (χ0n) is 18.1. The number of rotatable bonds is 6. The standard InChI is InChI=1S/C24H28N4O2S/c1-15-9-7-8-12-21(15)28-22(29)17(3)31-24-18(14-25)13-20(16(2)26-24)23(30)27-19-10-5-4-6-11-19/h4-6,10-11,13,15,17,21H,7-9,12H2,1-3H3,(H,27,30)(H,28,29). The van der Waals surface area contributed by atoms with E-state index in [1.807, 2.05) is 25.1 Å². The Labute approximate surface area is 187 Å². The van der Waals surface area contributed by atoms with Gasteiger partial charge >= 0.3 is 0 Å². The number of nitrogens with zero attached hydrogens (tertiary/aromatic N) is 2. The molecule has 2 N–H and O–H groups in total. The Hall–Kier alpha value is -2.85. The number of para-hydroxylation sites is 1. The fourth-order valence-electron chi connectivity index (χ4n) is 3.75. The van der Waals surface area contributed by atoms with Crippen molar-refractivity contribution in [3.05, 3.63) is 53.2 Å². The van der Waals surface area contributed by atoms with Crippen molar-refractivity contribution < 1.29 is 9.59 Å². The molecule has 162 valence electrons. The molecule has 0 saturated heterocycles. The molecule has 6 nitrogen and oxygen atoms in total. The zero-order chi connectivity index (χ0) is 22.4. The summed E-state index contributed by atoms with van der Waals surface area (Å²) >= 11 is 1.25. The van der Waals surface area contributed by atoms with E-state index in [-0.39, 0.29) is 17.9 Å². The summed E-state index contributed by atoms with van der Waals surface area (Å²) in [5, 5.41) is 15.7. The van der Waals surface area contributed by atoms with Crippen LogP contribution in [-0.4, -0.2) is 28.1 Å². The first-order valence-corrected chi connectivity index (χ1v) is 11.5. The maximum absolute atomic E-state index is 12.7. The highest BCUT2D eigenvalue weighted by atomic mass is 32.2. The molecule has 1 saturated carbocycles. The van der Waals surface area contributed by atoms with Crippen LogP contribution < -0.4 is 10.6 Å². The summed E-state index contributed by atoms with van der Waals surface area (Å²) in [6, 6.07) is 13.0. The molecular weight excluding hydrogens is 408 g/mol. The van der Waals surface area contributed by atoms with Crippen molar-refractivity contribution in [1.82, 2.24) is 10.3 Å². The third-order valence-electron chi connectivity index (χ3n) is 5.67. The van der Waals surface area contributed by atoms with E-state index in [2.05, 4.69) is 28.6 Å². The Morgan fingerprint density at radius 2 is 1.94 bits per heavy atom. The van der Waals surface area contributed by atoms with E-state index in [0.29, 0.717) is 33.5 Å². The van der Waals surface area contributed by atoms with Crippen LogP contribution >= 0.6 is 11.8 Å². The number of anilines is 1. The van der Waals surface area contributed by atoms with Crippen molar-refractivity contribution in [1.29, 1.82) is 5.26 Å². The molecule has 1 aromatic carbocycles. The molecule has 1 aromatic heterocycles. The van der Waals surface area contributed by atoms with Gasteiger partial charge < -0.3 is 10.6 Å². The molecule has 0 bridgehead atoms. The Bertz CT molecular complexity index is 987. The molecule has 1 heterocycles. The van der Waals surface area contributed by atoms with Gasteiger partial charge in [0.1, 0.15) is 11.1 Å². The van der Waals surface area contributed by atoms with Crippen molar-refractivity contribution >= 4 is 29.3 Å². The average molecular weight is 437 g/mol. The van der Waals surface area contributed by atoms with Crippen molar-refractivity contribution in [2.45, 2.75) is 62.8 Å². The van der Waals surface area contributed by atoms with Crippen LogP contribution in [0.15, 0.2) is 41.4 Å². The molecule has 1 aliphatic rings. The number of nitrogens with one attached hydrogen (secondary N) is 2. The third kappa shape index (κ3) is 5.86. The predicted octanol–water partition coefficient (Wildman–Crippen LogP) is 4.69. The maximum atomic E-state index is 12.7. The fraction of sp³-hybridized carbons (Fsp3) is 0.417. The molecule has 1 aliphatic carbocycles. The first-order chi connectivity index (χ1) is 14.9. The van der Waals surface area contributed by atoms with Gasteiger partial charge in [0.15, 0.2) is 0 Å². The molecule has 2 aromatic rings. The highest BCUT2D eigenvalue weighted by molar-refractivity contribution is 8.00.